The minimum atomic E-state index is -0.984. The van der Waals surface area contributed by atoms with Gasteiger partial charge >= 0.3 is 0 Å². The predicted octanol–water partition coefficient (Wildman–Crippen LogP) is 5.79. The molecule has 0 amide bonds. The summed E-state index contributed by atoms with van der Waals surface area (Å²) < 4.78 is 5.64. The van der Waals surface area contributed by atoms with Crippen LogP contribution in [0.25, 0.3) is 22.6 Å². The molecule has 0 spiro atoms. The second-order valence-electron chi connectivity index (χ2n) is 5.95. The predicted molar refractivity (Wildman–Crippen MR) is 106 cm³/mol. The van der Waals surface area contributed by atoms with Crippen LogP contribution in [0.15, 0.2) is 77.6 Å². The lowest BCUT2D eigenvalue weighted by Gasteiger charge is -2.13. The summed E-state index contributed by atoms with van der Waals surface area (Å²) in [6.07, 6.45) is 2.28. The standard InChI is InChI=1S/C21H14Cl2N2O2/c22-15-9-7-13(8-10-15)21-18(20(26)14-4-3-11-24-12-14)19(25-27-21)16-5-1-2-6-17(16)23/h1-12,20,26H. The molecule has 0 aliphatic carbocycles. The Kier molecular flexibility index (Phi) is 4.94. The van der Waals surface area contributed by atoms with Crippen molar-refractivity contribution in [1.29, 1.82) is 0 Å². The molecule has 4 nitrogen and oxygen atoms in total. The molecule has 0 saturated heterocycles. The molecule has 0 saturated carbocycles. The largest absolute Gasteiger partial charge is 0.383 e. The molecule has 6 heteroatoms. The van der Waals surface area contributed by atoms with Gasteiger partial charge in [-0.05, 0) is 36.4 Å². The number of benzene rings is 2. The fourth-order valence-corrected chi connectivity index (χ4v) is 3.26. The second-order valence-corrected chi connectivity index (χ2v) is 6.79. The molecular formula is C21H14Cl2N2O2. The first kappa shape index (κ1) is 17.7. The SMILES string of the molecule is OC(c1cccnc1)c1c(-c2ccccc2Cl)noc1-c1ccc(Cl)cc1. The van der Waals surface area contributed by atoms with Gasteiger partial charge in [0.15, 0.2) is 5.76 Å². The monoisotopic (exact) mass is 396 g/mol. The number of rotatable bonds is 4. The van der Waals surface area contributed by atoms with Gasteiger partial charge in [-0.3, -0.25) is 4.98 Å². The first-order valence-electron chi connectivity index (χ1n) is 8.23. The molecule has 0 fully saturated rings. The van der Waals surface area contributed by atoms with Crippen molar-refractivity contribution in [3.05, 3.63) is 94.2 Å². The van der Waals surface area contributed by atoms with Crippen molar-refractivity contribution in [1.82, 2.24) is 10.1 Å². The summed E-state index contributed by atoms with van der Waals surface area (Å²) in [4.78, 5) is 4.10. The Morgan fingerprint density at radius 2 is 1.70 bits per heavy atom. The molecule has 2 aromatic carbocycles. The van der Waals surface area contributed by atoms with E-state index < -0.39 is 6.10 Å². The summed E-state index contributed by atoms with van der Waals surface area (Å²) in [6.45, 7) is 0. The lowest BCUT2D eigenvalue weighted by atomic mass is 9.95. The van der Waals surface area contributed by atoms with Crippen LogP contribution in [0.3, 0.4) is 0 Å². The third kappa shape index (κ3) is 3.47. The molecule has 2 aromatic heterocycles. The van der Waals surface area contributed by atoms with Crippen LogP contribution in [0.4, 0.5) is 0 Å². The number of aliphatic hydroxyl groups is 1. The first-order valence-corrected chi connectivity index (χ1v) is 8.99. The summed E-state index contributed by atoms with van der Waals surface area (Å²) in [5, 5.41) is 16.5. The van der Waals surface area contributed by atoms with Gasteiger partial charge in [0, 0.05) is 34.1 Å². The number of hydrogen-bond acceptors (Lipinski definition) is 4. The van der Waals surface area contributed by atoms with Gasteiger partial charge in [-0.2, -0.15) is 0 Å². The molecular weight excluding hydrogens is 383 g/mol. The molecule has 2 heterocycles. The van der Waals surface area contributed by atoms with Crippen LogP contribution in [0.1, 0.15) is 17.2 Å². The smallest absolute Gasteiger partial charge is 0.173 e. The Bertz CT molecular complexity index is 1060. The molecule has 134 valence electrons. The van der Waals surface area contributed by atoms with E-state index in [4.69, 9.17) is 27.7 Å². The van der Waals surface area contributed by atoms with E-state index in [2.05, 4.69) is 10.1 Å². The Labute approximate surface area is 166 Å². The van der Waals surface area contributed by atoms with E-state index in [1.165, 1.54) is 0 Å². The van der Waals surface area contributed by atoms with E-state index in [0.29, 0.717) is 38.2 Å². The van der Waals surface area contributed by atoms with Crippen molar-refractivity contribution >= 4 is 23.2 Å². The Morgan fingerprint density at radius 3 is 2.41 bits per heavy atom. The highest BCUT2D eigenvalue weighted by Crippen LogP contribution is 2.40. The summed E-state index contributed by atoms with van der Waals surface area (Å²) in [7, 11) is 0. The van der Waals surface area contributed by atoms with Crippen molar-refractivity contribution in [3.8, 4) is 22.6 Å². The average molecular weight is 397 g/mol. The van der Waals surface area contributed by atoms with Gasteiger partial charge in [-0.15, -0.1) is 0 Å². The van der Waals surface area contributed by atoms with E-state index in [0.717, 1.165) is 5.56 Å². The Balaban J connectivity index is 1.93. The van der Waals surface area contributed by atoms with Gasteiger partial charge in [0.05, 0.1) is 10.6 Å². The molecule has 4 aromatic rings. The summed E-state index contributed by atoms with van der Waals surface area (Å²) >= 11 is 12.4. The van der Waals surface area contributed by atoms with E-state index in [1.807, 2.05) is 30.3 Å². The fraction of sp³-hybridized carbons (Fsp3) is 0.0476. The highest BCUT2D eigenvalue weighted by atomic mass is 35.5. The molecule has 27 heavy (non-hydrogen) atoms. The van der Waals surface area contributed by atoms with Gasteiger partial charge in [-0.1, -0.05) is 52.6 Å². The summed E-state index contributed by atoms with van der Waals surface area (Å²) in [5.74, 6) is 0.456. The summed E-state index contributed by atoms with van der Waals surface area (Å²) in [6, 6.07) is 18.0. The first-order chi connectivity index (χ1) is 13.1. The van der Waals surface area contributed by atoms with E-state index in [9.17, 15) is 5.11 Å². The van der Waals surface area contributed by atoms with Crippen LogP contribution in [-0.2, 0) is 0 Å². The minimum absolute atomic E-state index is 0.456. The zero-order valence-electron chi connectivity index (χ0n) is 14.0. The zero-order chi connectivity index (χ0) is 18.8. The number of aromatic nitrogens is 2. The van der Waals surface area contributed by atoms with Crippen molar-refractivity contribution in [3.63, 3.8) is 0 Å². The maximum atomic E-state index is 11.1. The van der Waals surface area contributed by atoms with Crippen LogP contribution in [0.5, 0.6) is 0 Å². The van der Waals surface area contributed by atoms with E-state index >= 15 is 0 Å². The molecule has 1 atom stereocenters. The quantitative estimate of drug-likeness (QED) is 0.473. The van der Waals surface area contributed by atoms with Crippen LogP contribution < -0.4 is 0 Å². The van der Waals surface area contributed by atoms with Gasteiger partial charge in [0.1, 0.15) is 11.8 Å². The molecule has 1 N–H and O–H groups in total. The van der Waals surface area contributed by atoms with Crippen LogP contribution in [-0.4, -0.2) is 15.2 Å². The normalized spacial score (nSPS) is 12.1. The van der Waals surface area contributed by atoms with Crippen molar-refractivity contribution in [2.45, 2.75) is 6.10 Å². The zero-order valence-corrected chi connectivity index (χ0v) is 15.5. The molecule has 0 aliphatic rings. The number of aliphatic hydroxyl groups excluding tert-OH is 1. The third-order valence-electron chi connectivity index (χ3n) is 4.24. The lowest BCUT2D eigenvalue weighted by Crippen LogP contribution is -2.02. The number of pyridine rings is 1. The highest BCUT2D eigenvalue weighted by molar-refractivity contribution is 6.33. The van der Waals surface area contributed by atoms with Crippen molar-refractivity contribution in [2.24, 2.45) is 0 Å². The fourth-order valence-electron chi connectivity index (χ4n) is 2.91. The van der Waals surface area contributed by atoms with Gasteiger partial charge in [-0.25, -0.2) is 0 Å². The third-order valence-corrected chi connectivity index (χ3v) is 4.82. The molecule has 0 aliphatic heterocycles. The maximum absolute atomic E-state index is 11.1. The second kappa shape index (κ2) is 7.53. The molecule has 4 rings (SSSR count). The van der Waals surface area contributed by atoms with Crippen LogP contribution in [0, 0.1) is 0 Å². The highest BCUT2D eigenvalue weighted by Gasteiger charge is 2.27. The number of hydrogen-bond donors (Lipinski definition) is 1. The Morgan fingerprint density at radius 1 is 0.926 bits per heavy atom. The van der Waals surface area contributed by atoms with Crippen LogP contribution in [0.2, 0.25) is 10.0 Å². The van der Waals surface area contributed by atoms with Crippen LogP contribution >= 0.6 is 23.2 Å². The van der Waals surface area contributed by atoms with E-state index in [1.54, 1.807) is 42.7 Å². The summed E-state index contributed by atoms with van der Waals surface area (Å²) in [5.41, 5.74) is 3.08. The molecule has 0 radical (unpaired) electrons. The average Bonchev–Trinajstić information content (AvgIpc) is 3.14. The topological polar surface area (TPSA) is 59.2 Å². The number of halogens is 2. The maximum Gasteiger partial charge on any atom is 0.173 e. The molecule has 0 bridgehead atoms. The number of nitrogens with zero attached hydrogens (tertiary/aromatic N) is 2. The van der Waals surface area contributed by atoms with E-state index in [-0.39, 0.29) is 0 Å². The van der Waals surface area contributed by atoms with Gasteiger partial charge in [0.2, 0.25) is 0 Å². The van der Waals surface area contributed by atoms with Crippen molar-refractivity contribution < 1.29 is 9.63 Å². The molecule has 1 unspecified atom stereocenters. The van der Waals surface area contributed by atoms with Gasteiger partial charge < -0.3 is 9.63 Å². The minimum Gasteiger partial charge on any atom is -0.383 e. The lowest BCUT2D eigenvalue weighted by molar-refractivity contribution is 0.220. The van der Waals surface area contributed by atoms with Gasteiger partial charge in [0.25, 0.3) is 0 Å². The van der Waals surface area contributed by atoms with Crippen molar-refractivity contribution in [2.75, 3.05) is 0 Å². The Hall–Kier alpha value is -2.66.